The van der Waals surface area contributed by atoms with Gasteiger partial charge < -0.3 is 20.1 Å². The number of nitrogens with zero attached hydrogens (tertiary/aromatic N) is 3. The normalized spacial score (nSPS) is 20.2. The number of aromatic nitrogens is 1. The van der Waals surface area contributed by atoms with Gasteiger partial charge in [0.25, 0.3) is 0 Å². The number of hydrogen-bond acceptors (Lipinski definition) is 6. The standard InChI is InChI=1S/C24H30N4O4/c1-31-19-7-5-17(6-8-19)20-3-2-4-21(26-20)22-15-27(13-14-32-22)16-23(29)28-11-9-18(10-12-28)24(25)30/h2-8,18,22H,9-16H2,1H3,(H2,25,30)/t22-/m1/s1. The molecule has 0 saturated carbocycles. The van der Waals surface area contributed by atoms with E-state index < -0.39 is 0 Å². The minimum atomic E-state index is -0.266. The highest BCUT2D eigenvalue weighted by Crippen LogP contribution is 2.26. The molecule has 1 aromatic heterocycles. The maximum Gasteiger partial charge on any atom is 0.236 e. The highest BCUT2D eigenvalue weighted by molar-refractivity contribution is 5.80. The largest absolute Gasteiger partial charge is 0.497 e. The molecule has 2 N–H and O–H groups in total. The summed E-state index contributed by atoms with van der Waals surface area (Å²) in [6.45, 7) is 3.40. The summed E-state index contributed by atoms with van der Waals surface area (Å²) >= 11 is 0. The Balaban J connectivity index is 1.36. The van der Waals surface area contributed by atoms with Gasteiger partial charge in [-0.2, -0.15) is 0 Å². The van der Waals surface area contributed by atoms with E-state index in [0.717, 1.165) is 22.7 Å². The molecule has 4 rings (SSSR count). The first-order valence-corrected chi connectivity index (χ1v) is 11.1. The lowest BCUT2D eigenvalue weighted by molar-refractivity contribution is -0.137. The molecular weight excluding hydrogens is 408 g/mol. The second-order valence-corrected chi connectivity index (χ2v) is 8.33. The maximum absolute atomic E-state index is 12.8. The van der Waals surface area contributed by atoms with E-state index in [9.17, 15) is 9.59 Å². The first-order chi connectivity index (χ1) is 15.5. The van der Waals surface area contributed by atoms with Gasteiger partial charge in [0.15, 0.2) is 0 Å². The molecule has 2 amide bonds. The van der Waals surface area contributed by atoms with Crippen LogP contribution in [0.5, 0.6) is 5.75 Å². The van der Waals surface area contributed by atoms with Gasteiger partial charge in [-0.1, -0.05) is 6.07 Å². The number of ether oxygens (including phenoxy) is 2. The number of nitrogens with two attached hydrogens (primary N) is 1. The Morgan fingerprint density at radius 2 is 1.88 bits per heavy atom. The summed E-state index contributed by atoms with van der Waals surface area (Å²) in [5, 5.41) is 0. The molecule has 170 valence electrons. The van der Waals surface area contributed by atoms with Gasteiger partial charge in [0, 0.05) is 37.7 Å². The molecule has 2 aliphatic rings. The van der Waals surface area contributed by atoms with Crippen LogP contribution in [0.4, 0.5) is 0 Å². The van der Waals surface area contributed by atoms with Crippen LogP contribution in [0.3, 0.4) is 0 Å². The van der Waals surface area contributed by atoms with Gasteiger partial charge >= 0.3 is 0 Å². The molecule has 2 fully saturated rings. The molecule has 2 saturated heterocycles. The van der Waals surface area contributed by atoms with Crippen molar-refractivity contribution >= 4 is 11.8 Å². The van der Waals surface area contributed by atoms with E-state index in [2.05, 4.69) is 4.90 Å². The monoisotopic (exact) mass is 438 g/mol. The summed E-state index contributed by atoms with van der Waals surface area (Å²) in [5.41, 5.74) is 8.14. The Labute approximate surface area is 188 Å². The third-order valence-corrected chi connectivity index (χ3v) is 6.25. The highest BCUT2D eigenvalue weighted by Gasteiger charge is 2.29. The van der Waals surface area contributed by atoms with Crippen molar-refractivity contribution < 1.29 is 19.1 Å². The molecule has 1 aromatic carbocycles. The average molecular weight is 439 g/mol. The molecular formula is C24H30N4O4. The van der Waals surface area contributed by atoms with Crippen LogP contribution in [0.15, 0.2) is 42.5 Å². The first-order valence-electron chi connectivity index (χ1n) is 11.1. The van der Waals surface area contributed by atoms with E-state index in [1.165, 1.54) is 0 Å². The fourth-order valence-electron chi connectivity index (χ4n) is 4.28. The van der Waals surface area contributed by atoms with E-state index in [-0.39, 0.29) is 23.8 Å². The summed E-state index contributed by atoms with van der Waals surface area (Å²) in [4.78, 5) is 32.9. The topological polar surface area (TPSA) is 98.0 Å². The van der Waals surface area contributed by atoms with Gasteiger partial charge in [0.2, 0.25) is 11.8 Å². The molecule has 0 spiro atoms. The van der Waals surface area contributed by atoms with Crippen molar-refractivity contribution in [3.8, 4) is 17.0 Å². The van der Waals surface area contributed by atoms with Crippen molar-refractivity contribution in [2.45, 2.75) is 18.9 Å². The van der Waals surface area contributed by atoms with Crippen LogP contribution in [-0.2, 0) is 14.3 Å². The van der Waals surface area contributed by atoms with E-state index in [1.54, 1.807) is 7.11 Å². The summed E-state index contributed by atoms with van der Waals surface area (Å²) in [6, 6.07) is 13.7. The number of rotatable bonds is 6. The van der Waals surface area contributed by atoms with Gasteiger partial charge in [-0.05, 0) is 49.2 Å². The van der Waals surface area contributed by atoms with Crippen molar-refractivity contribution in [3.05, 3.63) is 48.2 Å². The molecule has 8 heteroatoms. The lowest BCUT2D eigenvalue weighted by atomic mass is 9.96. The van der Waals surface area contributed by atoms with Crippen LogP contribution in [0.1, 0.15) is 24.6 Å². The number of carbonyl (C=O) groups is 2. The first kappa shape index (κ1) is 22.2. The van der Waals surface area contributed by atoms with E-state index in [0.29, 0.717) is 52.2 Å². The second kappa shape index (κ2) is 10.1. The minimum Gasteiger partial charge on any atom is -0.497 e. The number of methoxy groups -OCH3 is 1. The Bertz CT molecular complexity index is 941. The van der Waals surface area contributed by atoms with Crippen LogP contribution < -0.4 is 10.5 Å². The number of pyridine rings is 1. The highest BCUT2D eigenvalue weighted by atomic mass is 16.5. The summed E-state index contributed by atoms with van der Waals surface area (Å²) in [7, 11) is 1.65. The van der Waals surface area contributed by atoms with Crippen molar-refractivity contribution in [2.24, 2.45) is 11.7 Å². The smallest absolute Gasteiger partial charge is 0.236 e. The molecule has 0 aliphatic carbocycles. The molecule has 3 heterocycles. The van der Waals surface area contributed by atoms with Gasteiger partial charge in [-0.15, -0.1) is 0 Å². The number of amides is 2. The number of morpholine rings is 1. The molecule has 32 heavy (non-hydrogen) atoms. The van der Waals surface area contributed by atoms with Crippen molar-refractivity contribution in [2.75, 3.05) is 46.4 Å². The van der Waals surface area contributed by atoms with Crippen molar-refractivity contribution in [1.29, 1.82) is 0 Å². The lowest BCUT2D eigenvalue weighted by Gasteiger charge is -2.35. The van der Waals surface area contributed by atoms with E-state index in [4.69, 9.17) is 20.2 Å². The quantitative estimate of drug-likeness (QED) is 0.739. The van der Waals surface area contributed by atoms with Gasteiger partial charge in [0.05, 0.1) is 31.6 Å². The third-order valence-electron chi connectivity index (χ3n) is 6.25. The lowest BCUT2D eigenvalue weighted by Crippen LogP contribution is -2.48. The zero-order chi connectivity index (χ0) is 22.5. The molecule has 1 atom stereocenters. The van der Waals surface area contributed by atoms with Crippen LogP contribution >= 0.6 is 0 Å². The zero-order valence-corrected chi connectivity index (χ0v) is 18.4. The number of carbonyl (C=O) groups excluding carboxylic acids is 2. The number of hydrogen-bond donors (Lipinski definition) is 1. The maximum atomic E-state index is 12.8. The Hall–Kier alpha value is -2.97. The van der Waals surface area contributed by atoms with Gasteiger partial charge in [-0.3, -0.25) is 19.5 Å². The molecule has 0 unspecified atom stereocenters. The number of primary amides is 1. The Morgan fingerprint density at radius 3 is 2.56 bits per heavy atom. The second-order valence-electron chi connectivity index (χ2n) is 8.33. The molecule has 2 aliphatic heterocycles. The molecule has 0 radical (unpaired) electrons. The van der Waals surface area contributed by atoms with Crippen LogP contribution in [0.25, 0.3) is 11.3 Å². The van der Waals surface area contributed by atoms with Crippen LogP contribution in [0.2, 0.25) is 0 Å². The molecule has 2 aromatic rings. The fraction of sp³-hybridized carbons (Fsp3) is 0.458. The summed E-state index contributed by atoms with van der Waals surface area (Å²) < 4.78 is 11.2. The molecule has 8 nitrogen and oxygen atoms in total. The van der Waals surface area contributed by atoms with Crippen LogP contribution in [-0.4, -0.2) is 73.0 Å². The Kier molecular flexibility index (Phi) is 7.02. The number of piperidine rings is 1. The molecule has 0 bridgehead atoms. The van der Waals surface area contributed by atoms with Crippen molar-refractivity contribution in [1.82, 2.24) is 14.8 Å². The third kappa shape index (κ3) is 5.26. The van der Waals surface area contributed by atoms with Crippen LogP contribution in [0, 0.1) is 5.92 Å². The number of benzene rings is 1. The fourth-order valence-corrected chi connectivity index (χ4v) is 4.28. The summed E-state index contributed by atoms with van der Waals surface area (Å²) in [6.07, 6.45) is 1.11. The van der Waals surface area contributed by atoms with Gasteiger partial charge in [0.1, 0.15) is 11.9 Å². The van der Waals surface area contributed by atoms with E-state index in [1.807, 2.05) is 47.4 Å². The predicted octanol–water partition coefficient (Wildman–Crippen LogP) is 1.85. The minimum absolute atomic E-state index is 0.0912. The number of likely N-dealkylation sites (tertiary alicyclic amines) is 1. The SMILES string of the molecule is COc1ccc(-c2cccc([C@H]3CN(CC(=O)N4CCC(C(N)=O)CC4)CCO3)n2)cc1. The zero-order valence-electron chi connectivity index (χ0n) is 18.4. The average Bonchev–Trinajstić information content (AvgIpc) is 2.84. The van der Waals surface area contributed by atoms with Gasteiger partial charge in [-0.25, -0.2) is 0 Å². The Morgan fingerprint density at radius 1 is 1.12 bits per heavy atom. The van der Waals surface area contributed by atoms with Crippen molar-refractivity contribution in [3.63, 3.8) is 0 Å². The van der Waals surface area contributed by atoms with E-state index >= 15 is 0 Å². The predicted molar refractivity (Wildman–Crippen MR) is 120 cm³/mol. The summed E-state index contributed by atoms with van der Waals surface area (Å²) in [5.74, 6) is 0.515.